The SMILES string of the molecule is COCCN1CCCC12CCCN(C(=O)CC1(O)CCC1)CC2. The molecule has 23 heavy (non-hydrogen) atoms. The maximum Gasteiger partial charge on any atom is 0.225 e. The van der Waals surface area contributed by atoms with Gasteiger partial charge in [-0.2, -0.15) is 0 Å². The molecule has 0 aromatic heterocycles. The molecule has 1 aliphatic carbocycles. The Kier molecular flexibility index (Phi) is 5.29. The second kappa shape index (κ2) is 7.08. The molecule has 3 aliphatic rings. The average molecular weight is 324 g/mol. The molecular formula is C18H32N2O3. The summed E-state index contributed by atoms with van der Waals surface area (Å²) in [5, 5.41) is 10.3. The van der Waals surface area contributed by atoms with Crippen molar-refractivity contribution in [3.63, 3.8) is 0 Å². The third-order valence-electron chi connectivity index (χ3n) is 6.34. The third-order valence-corrected chi connectivity index (χ3v) is 6.34. The molecule has 0 radical (unpaired) electrons. The van der Waals surface area contributed by atoms with E-state index in [0.717, 1.165) is 64.9 Å². The van der Waals surface area contributed by atoms with Crippen molar-refractivity contribution >= 4 is 5.91 Å². The lowest BCUT2D eigenvalue weighted by atomic mass is 9.77. The molecule has 132 valence electrons. The summed E-state index contributed by atoms with van der Waals surface area (Å²) in [7, 11) is 1.77. The summed E-state index contributed by atoms with van der Waals surface area (Å²) in [6, 6.07) is 0. The number of rotatable bonds is 5. The van der Waals surface area contributed by atoms with Crippen molar-refractivity contribution in [3.05, 3.63) is 0 Å². The van der Waals surface area contributed by atoms with Crippen molar-refractivity contribution in [1.29, 1.82) is 0 Å². The van der Waals surface area contributed by atoms with E-state index in [1.165, 1.54) is 19.3 Å². The van der Waals surface area contributed by atoms with Crippen molar-refractivity contribution in [2.24, 2.45) is 0 Å². The number of carbonyl (C=O) groups excluding carboxylic acids is 1. The zero-order chi connectivity index (χ0) is 16.3. The maximum atomic E-state index is 12.5. The van der Waals surface area contributed by atoms with Crippen LogP contribution in [0.15, 0.2) is 0 Å². The van der Waals surface area contributed by atoms with Crippen LogP contribution in [0.5, 0.6) is 0 Å². The van der Waals surface area contributed by atoms with Gasteiger partial charge in [0.2, 0.25) is 5.91 Å². The van der Waals surface area contributed by atoms with Crippen LogP contribution in [0.2, 0.25) is 0 Å². The molecule has 0 bridgehead atoms. The summed E-state index contributed by atoms with van der Waals surface area (Å²) in [6.45, 7) is 4.66. The van der Waals surface area contributed by atoms with E-state index in [0.29, 0.717) is 6.42 Å². The Labute approximate surface area is 140 Å². The van der Waals surface area contributed by atoms with Gasteiger partial charge in [0, 0.05) is 32.3 Å². The van der Waals surface area contributed by atoms with Gasteiger partial charge in [-0.3, -0.25) is 9.69 Å². The Morgan fingerprint density at radius 3 is 2.43 bits per heavy atom. The highest BCUT2D eigenvalue weighted by Gasteiger charge is 2.43. The van der Waals surface area contributed by atoms with E-state index in [2.05, 4.69) is 4.90 Å². The van der Waals surface area contributed by atoms with Crippen LogP contribution in [0.25, 0.3) is 0 Å². The van der Waals surface area contributed by atoms with E-state index in [1.807, 2.05) is 4.90 Å². The topological polar surface area (TPSA) is 53.0 Å². The second-order valence-electron chi connectivity index (χ2n) is 7.80. The Morgan fingerprint density at radius 1 is 1.04 bits per heavy atom. The molecule has 5 nitrogen and oxygen atoms in total. The molecule has 5 heteroatoms. The molecule has 1 saturated carbocycles. The van der Waals surface area contributed by atoms with E-state index >= 15 is 0 Å². The number of aliphatic hydroxyl groups is 1. The minimum absolute atomic E-state index is 0.158. The normalized spacial score (nSPS) is 31.1. The number of carbonyl (C=O) groups is 1. The van der Waals surface area contributed by atoms with Gasteiger partial charge < -0.3 is 14.7 Å². The van der Waals surface area contributed by atoms with Crippen LogP contribution in [0.1, 0.15) is 57.8 Å². The van der Waals surface area contributed by atoms with E-state index in [9.17, 15) is 9.90 Å². The Morgan fingerprint density at radius 2 is 1.78 bits per heavy atom. The first-order valence-electron chi connectivity index (χ1n) is 9.31. The number of methoxy groups -OCH3 is 1. The Balaban J connectivity index is 1.57. The van der Waals surface area contributed by atoms with Crippen molar-refractivity contribution < 1.29 is 14.6 Å². The van der Waals surface area contributed by atoms with Crippen LogP contribution in [0, 0.1) is 0 Å². The van der Waals surface area contributed by atoms with Crippen LogP contribution in [-0.4, -0.2) is 71.8 Å². The molecule has 1 amide bonds. The van der Waals surface area contributed by atoms with Gasteiger partial charge in [0.05, 0.1) is 18.6 Å². The second-order valence-corrected chi connectivity index (χ2v) is 7.80. The van der Waals surface area contributed by atoms with Crippen molar-refractivity contribution in [2.75, 3.05) is 39.9 Å². The van der Waals surface area contributed by atoms with Crippen molar-refractivity contribution in [3.8, 4) is 0 Å². The lowest BCUT2D eigenvalue weighted by Crippen LogP contribution is -2.47. The Hall–Kier alpha value is -0.650. The van der Waals surface area contributed by atoms with Crippen molar-refractivity contribution in [1.82, 2.24) is 9.80 Å². The molecule has 1 N–H and O–H groups in total. The smallest absolute Gasteiger partial charge is 0.225 e. The third kappa shape index (κ3) is 3.72. The molecule has 2 aliphatic heterocycles. The van der Waals surface area contributed by atoms with E-state index in [1.54, 1.807) is 7.11 Å². The average Bonchev–Trinajstić information content (AvgIpc) is 2.75. The zero-order valence-corrected chi connectivity index (χ0v) is 14.6. The van der Waals surface area contributed by atoms with Gasteiger partial charge in [0.15, 0.2) is 0 Å². The standard InChI is InChI=1S/C18H32N2O3/c1-23-14-13-20-11-4-6-17(20)5-3-10-19(12-9-17)16(21)15-18(22)7-2-8-18/h22H,2-15H2,1H3. The quantitative estimate of drug-likeness (QED) is 0.838. The Bertz CT molecular complexity index is 424. The van der Waals surface area contributed by atoms with E-state index in [-0.39, 0.29) is 11.4 Å². The summed E-state index contributed by atoms with van der Waals surface area (Å²) in [5.74, 6) is 0.158. The van der Waals surface area contributed by atoms with Gasteiger partial charge in [-0.15, -0.1) is 0 Å². The molecule has 1 atom stereocenters. The van der Waals surface area contributed by atoms with Crippen LogP contribution in [-0.2, 0) is 9.53 Å². The number of amides is 1. The maximum absolute atomic E-state index is 12.5. The zero-order valence-electron chi connectivity index (χ0n) is 14.6. The molecule has 3 rings (SSSR count). The predicted octanol–water partition coefficient (Wildman–Crippen LogP) is 1.78. The fourth-order valence-corrected chi connectivity index (χ4v) is 4.69. The number of likely N-dealkylation sites (tertiary alicyclic amines) is 2. The van der Waals surface area contributed by atoms with Crippen LogP contribution in [0.3, 0.4) is 0 Å². The first kappa shape index (κ1) is 17.2. The molecular weight excluding hydrogens is 292 g/mol. The lowest BCUT2D eigenvalue weighted by molar-refractivity contribution is -0.140. The van der Waals surface area contributed by atoms with E-state index in [4.69, 9.17) is 4.74 Å². The highest BCUT2D eigenvalue weighted by atomic mass is 16.5. The van der Waals surface area contributed by atoms with Crippen molar-refractivity contribution in [2.45, 2.75) is 68.9 Å². The summed E-state index contributed by atoms with van der Waals surface area (Å²) >= 11 is 0. The number of hydrogen-bond donors (Lipinski definition) is 1. The summed E-state index contributed by atoms with van der Waals surface area (Å²) in [5.41, 5.74) is -0.417. The largest absolute Gasteiger partial charge is 0.389 e. The minimum atomic E-state index is -0.696. The predicted molar refractivity (Wildman–Crippen MR) is 89.3 cm³/mol. The van der Waals surface area contributed by atoms with Crippen LogP contribution in [0.4, 0.5) is 0 Å². The first-order chi connectivity index (χ1) is 11.1. The molecule has 2 heterocycles. The highest BCUT2D eigenvalue weighted by molar-refractivity contribution is 5.77. The number of hydrogen-bond acceptors (Lipinski definition) is 4. The number of nitrogens with zero attached hydrogens (tertiary/aromatic N) is 2. The van der Waals surface area contributed by atoms with Gasteiger partial charge in [0.25, 0.3) is 0 Å². The lowest BCUT2D eigenvalue weighted by Gasteiger charge is -2.39. The fourth-order valence-electron chi connectivity index (χ4n) is 4.69. The van der Waals surface area contributed by atoms with Crippen LogP contribution < -0.4 is 0 Å². The van der Waals surface area contributed by atoms with E-state index < -0.39 is 5.60 Å². The summed E-state index contributed by atoms with van der Waals surface area (Å²) in [4.78, 5) is 17.2. The summed E-state index contributed by atoms with van der Waals surface area (Å²) < 4.78 is 5.27. The minimum Gasteiger partial charge on any atom is -0.389 e. The molecule has 1 spiro atoms. The fraction of sp³-hybridized carbons (Fsp3) is 0.944. The van der Waals surface area contributed by atoms with Gasteiger partial charge in [0.1, 0.15) is 0 Å². The van der Waals surface area contributed by atoms with Gasteiger partial charge in [-0.25, -0.2) is 0 Å². The molecule has 2 saturated heterocycles. The highest BCUT2D eigenvalue weighted by Crippen LogP contribution is 2.39. The van der Waals surface area contributed by atoms with Crippen LogP contribution >= 0.6 is 0 Å². The number of ether oxygens (including phenoxy) is 1. The monoisotopic (exact) mass is 324 g/mol. The molecule has 0 aromatic rings. The first-order valence-corrected chi connectivity index (χ1v) is 9.31. The summed E-state index contributed by atoms with van der Waals surface area (Å²) in [6.07, 6.45) is 8.82. The van der Waals surface area contributed by atoms with Gasteiger partial charge in [-0.05, 0) is 57.9 Å². The molecule has 3 fully saturated rings. The molecule has 1 unspecified atom stereocenters. The molecule has 0 aromatic carbocycles. The van der Waals surface area contributed by atoms with Gasteiger partial charge in [-0.1, -0.05) is 0 Å². The van der Waals surface area contributed by atoms with Gasteiger partial charge >= 0.3 is 0 Å².